The Morgan fingerprint density at radius 3 is 2.59 bits per heavy atom. The van der Waals surface area contributed by atoms with Crippen molar-refractivity contribution in [2.45, 2.75) is 26.7 Å². The maximum absolute atomic E-state index is 5.71. The minimum absolute atomic E-state index is 0.504. The molecule has 0 aliphatic carbocycles. The van der Waals surface area contributed by atoms with E-state index in [0.717, 1.165) is 11.3 Å². The average Bonchev–Trinajstić information content (AvgIpc) is 2.32. The van der Waals surface area contributed by atoms with Crippen molar-refractivity contribution in [3.63, 3.8) is 0 Å². The van der Waals surface area contributed by atoms with Gasteiger partial charge in [-0.15, -0.1) is 0 Å². The van der Waals surface area contributed by atoms with Crippen LogP contribution >= 0.6 is 0 Å². The molecule has 0 unspecified atom stereocenters. The fourth-order valence-electron chi connectivity index (χ4n) is 1.57. The molecule has 0 amide bonds. The van der Waals surface area contributed by atoms with Crippen molar-refractivity contribution in [2.75, 3.05) is 0 Å². The van der Waals surface area contributed by atoms with E-state index in [4.69, 9.17) is 4.74 Å². The minimum Gasteiger partial charge on any atom is -0.439 e. The molecule has 1 aromatic heterocycles. The van der Waals surface area contributed by atoms with Crippen molar-refractivity contribution in [2.24, 2.45) is 0 Å². The third kappa shape index (κ3) is 3.06. The fraction of sp³-hybridized carbons (Fsp3) is 0.267. The summed E-state index contributed by atoms with van der Waals surface area (Å²) < 4.78 is 5.71. The number of benzene rings is 1. The lowest BCUT2D eigenvalue weighted by Gasteiger charge is -2.09. The molecule has 0 spiro atoms. The SMILES string of the molecule is Cc1ccc(Oc2cccc(C(C)C)c2)nc1. The van der Waals surface area contributed by atoms with E-state index >= 15 is 0 Å². The van der Waals surface area contributed by atoms with Gasteiger partial charge in [-0.2, -0.15) is 0 Å². The summed E-state index contributed by atoms with van der Waals surface area (Å²) in [4.78, 5) is 4.23. The van der Waals surface area contributed by atoms with Crippen LogP contribution in [0.3, 0.4) is 0 Å². The van der Waals surface area contributed by atoms with Crippen LogP contribution in [0.2, 0.25) is 0 Å². The molecule has 2 aromatic rings. The third-order valence-electron chi connectivity index (χ3n) is 2.63. The number of aromatic nitrogens is 1. The first kappa shape index (κ1) is 11.6. The van der Waals surface area contributed by atoms with E-state index in [-0.39, 0.29) is 0 Å². The highest BCUT2D eigenvalue weighted by Gasteiger charge is 2.02. The van der Waals surface area contributed by atoms with Crippen LogP contribution in [0.25, 0.3) is 0 Å². The highest BCUT2D eigenvalue weighted by molar-refractivity contribution is 5.33. The zero-order valence-corrected chi connectivity index (χ0v) is 10.5. The van der Waals surface area contributed by atoms with Gasteiger partial charge in [-0.1, -0.05) is 32.0 Å². The zero-order chi connectivity index (χ0) is 12.3. The van der Waals surface area contributed by atoms with Crippen molar-refractivity contribution >= 4 is 0 Å². The quantitative estimate of drug-likeness (QED) is 0.779. The lowest BCUT2D eigenvalue weighted by molar-refractivity contribution is 0.461. The monoisotopic (exact) mass is 227 g/mol. The molecule has 2 nitrogen and oxygen atoms in total. The van der Waals surface area contributed by atoms with E-state index in [9.17, 15) is 0 Å². The maximum atomic E-state index is 5.71. The molecule has 0 radical (unpaired) electrons. The van der Waals surface area contributed by atoms with Gasteiger partial charge in [-0.3, -0.25) is 0 Å². The summed E-state index contributed by atoms with van der Waals surface area (Å²) in [5.41, 5.74) is 2.41. The molecule has 0 saturated heterocycles. The van der Waals surface area contributed by atoms with Gasteiger partial charge in [0.05, 0.1) is 0 Å². The highest BCUT2D eigenvalue weighted by Crippen LogP contribution is 2.23. The van der Waals surface area contributed by atoms with Gasteiger partial charge < -0.3 is 4.74 Å². The number of hydrogen-bond donors (Lipinski definition) is 0. The molecule has 2 rings (SSSR count). The first-order chi connectivity index (χ1) is 8.15. The Hall–Kier alpha value is -1.83. The van der Waals surface area contributed by atoms with E-state index in [1.54, 1.807) is 0 Å². The van der Waals surface area contributed by atoms with E-state index in [0.29, 0.717) is 11.8 Å². The fourth-order valence-corrected chi connectivity index (χ4v) is 1.57. The Balaban J connectivity index is 2.18. The Kier molecular flexibility index (Phi) is 3.43. The van der Waals surface area contributed by atoms with E-state index in [1.165, 1.54) is 5.56 Å². The summed E-state index contributed by atoms with van der Waals surface area (Å²) in [6, 6.07) is 12.0. The number of rotatable bonds is 3. The third-order valence-corrected chi connectivity index (χ3v) is 2.63. The second-order valence-electron chi connectivity index (χ2n) is 4.50. The molecule has 88 valence electrons. The molecule has 1 aromatic carbocycles. The average molecular weight is 227 g/mol. The number of aryl methyl sites for hydroxylation is 1. The molecule has 2 heteroatoms. The van der Waals surface area contributed by atoms with Crippen LogP contribution in [0, 0.1) is 6.92 Å². The zero-order valence-electron chi connectivity index (χ0n) is 10.5. The largest absolute Gasteiger partial charge is 0.439 e. The molecule has 0 aliphatic rings. The molecule has 0 saturated carbocycles. The lowest BCUT2D eigenvalue weighted by Crippen LogP contribution is -1.91. The normalized spacial score (nSPS) is 10.6. The van der Waals surface area contributed by atoms with Crippen molar-refractivity contribution in [3.05, 3.63) is 53.7 Å². The van der Waals surface area contributed by atoms with Gasteiger partial charge in [0.1, 0.15) is 5.75 Å². The second kappa shape index (κ2) is 5.00. The van der Waals surface area contributed by atoms with Gasteiger partial charge in [-0.25, -0.2) is 4.98 Å². The molecule has 0 bridgehead atoms. The smallest absolute Gasteiger partial charge is 0.219 e. The Bertz CT molecular complexity index is 489. The maximum Gasteiger partial charge on any atom is 0.219 e. The van der Waals surface area contributed by atoms with Gasteiger partial charge in [0.2, 0.25) is 5.88 Å². The Labute approximate surface area is 102 Å². The van der Waals surface area contributed by atoms with Crippen molar-refractivity contribution < 1.29 is 4.74 Å². The molecule has 0 atom stereocenters. The van der Waals surface area contributed by atoms with Crippen molar-refractivity contribution in [1.82, 2.24) is 4.98 Å². The van der Waals surface area contributed by atoms with Crippen LogP contribution in [-0.2, 0) is 0 Å². The number of nitrogens with zero attached hydrogens (tertiary/aromatic N) is 1. The van der Waals surface area contributed by atoms with Crippen LogP contribution in [0.4, 0.5) is 0 Å². The minimum atomic E-state index is 0.504. The molecular formula is C15H17NO. The van der Waals surface area contributed by atoms with Gasteiger partial charge in [0, 0.05) is 12.3 Å². The van der Waals surface area contributed by atoms with Gasteiger partial charge >= 0.3 is 0 Å². The summed E-state index contributed by atoms with van der Waals surface area (Å²) >= 11 is 0. The molecule has 17 heavy (non-hydrogen) atoms. The Morgan fingerprint density at radius 1 is 1.12 bits per heavy atom. The van der Waals surface area contributed by atoms with Gasteiger partial charge in [0.25, 0.3) is 0 Å². The second-order valence-corrected chi connectivity index (χ2v) is 4.50. The standard InChI is InChI=1S/C15H17NO/c1-11(2)13-5-4-6-14(9-13)17-15-8-7-12(3)10-16-15/h4-11H,1-3H3. The first-order valence-corrected chi connectivity index (χ1v) is 5.85. The van der Waals surface area contributed by atoms with Gasteiger partial charge in [-0.05, 0) is 36.1 Å². The first-order valence-electron chi connectivity index (χ1n) is 5.85. The number of pyridine rings is 1. The Morgan fingerprint density at radius 2 is 1.94 bits per heavy atom. The van der Waals surface area contributed by atoms with Gasteiger partial charge in [0.15, 0.2) is 0 Å². The summed E-state index contributed by atoms with van der Waals surface area (Å²) in [5, 5.41) is 0. The van der Waals surface area contributed by atoms with Crippen LogP contribution < -0.4 is 4.74 Å². The summed E-state index contributed by atoms with van der Waals surface area (Å²) in [7, 11) is 0. The van der Waals surface area contributed by atoms with Crippen LogP contribution in [-0.4, -0.2) is 4.98 Å². The van der Waals surface area contributed by atoms with E-state index < -0.39 is 0 Å². The van der Waals surface area contributed by atoms with Crippen LogP contribution in [0.15, 0.2) is 42.6 Å². The summed E-state index contributed by atoms with van der Waals surface area (Å²) in [6.45, 7) is 6.35. The molecule has 0 aliphatic heterocycles. The van der Waals surface area contributed by atoms with Crippen molar-refractivity contribution in [3.8, 4) is 11.6 Å². The molecule has 0 fully saturated rings. The number of hydrogen-bond acceptors (Lipinski definition) is 2. The van der Waals surface area contributed by atoms with Crippen LogP contribution in [0.1, 0.15) is 30.9 Å². The van der Waals surface area contributed by atoms with Crippen molar-refractivity contribution in [1.29, 1.82) is 0 Å². The molecular weight excluding hydrogens is 210 g/mol. The summed E-state index contributed by atoms with van der Waals surface area (Å²) in [5.74, 6) is 1.98. The predicted molar refractivity (Wildman–Crippen MR) is 69.6 cm³/mol. The predicted octanol–water partition coefficient (Wildman–Crippen LogP) is 4.31. The van der Waals surface area contributed by atoms with Crippen LogP contribution in [0.5, 0.6) is 11.6 Å². The molecule has 1 heterocycles. The summed E-state index contributed by atoms with van der Waals surface area (Å²) in [6.07, 6.45) is 1.81. The van der Waals surface area contributed by atoms with E-state index in [1.807, 2.05) is 37.4 Å². The topological polar surface area (TPSA) is 22.1 Å². The number of ether oxygens (including phenoxy) is 1. The highest BCUT2D eigenvalue weighted by atomic mass is 16.5. The van der Waals surface area contributed by atoms with E-state index in [2.05, 4.69) is 31.0 Å². The lowest BCUT2D eigenvalue weighted by atomic mass is 10.0. The molecule has 0 N–H and O–H groups in total.